The number of hydrogen-bond donors (Lipinski definition) is 0. The summed E-state index contributed by atoms with van der Waals surface area (Å²) < 4.78 is 0. The average Bonchev–Trinajstić information content (AvgIpc) is 2.16. The van der Waals surface area contributed by atoms with Crippen molar-refractivity contribution in [2.45, 2.75) is 40.0 Å². The first-order valence-corrected chi connectivity index (χ1v) is 4.79. The van der Waals surface area contributed by atoms with Crippen molar-refractivity contribution in [3.63, 3.8) is 0 Å². The third-order valence-corrected chi connectivity index (χ3v) is 2.31. The van der Waals surface area contributed by atoms with Gasteiger partial charge in [0.15, 0.2) is 0 Å². The maximum absolute atomic E-state index is 4.38. The van der Waals surface area contributed by atoms with Gasteiger partial charge in [-0.2, -0.15) is 0 Å². The fourth-order valence-electron chi connectivity index (χ4n) is 1.65. The van der Waals surface area contributed by atoms with Crippen LogP contribution in [0.2, 0.25) is 0 Å². The molecule has 1 aromatic rings. The van der Waals surface area contributed by atoms with Gasteiger partial charge in [-0.25, -0.2) is 0 Å². The zero-order chi connectivity index (χ0) is 8.97. The van der Waals surface area contributed by atoms with Crippen molar-refractivity contribution < 1.29 is 0 Å². The van der Waals surface area contributed by atoms with E-state index in [9.17, 15) is 0 Å². The summed E-state index contributed by atoms with van der Waals surface area (Å²) >= 11 is 0. The van der Waals surface area contributed by atoms with E-state index in [-0.39, 0.29) is 0 Å². The van der Waals surface area contributed by atoms with E-state index in [0.29, 0.717) is 0 Å². The standard InChI is InChI=1S/C11H17N/c1-4-9-7-8-12-11(6-3)10(9)5-2/h7-8H,4-6H2,1-3H3. The Morgan fingerprint density at radius 3 is 2.33 bits per heavy atom. The minimum Gasteiger partial charge on any atom is -0.261 e. The molecule has 12 heavy (non-hydrogen) atoms. The normalized spacial score (nSPS) is 10.2. The highest BCUT2D eigenvalue weighted by Crippen LogP contribution is 2.14. The molecular weight excluding hydrogens is 146 g/mol. The monoisotopic (exact) mass is 163 g/mol. The summed E-state index contributed by atoms with van der Waals surface area (Å²) in [5.41, 5.74) is 4.20. The van der Waals surface area contributed by atoms with E-state index in [2.05, 4.69) is 31.8 Å². The molecule has 0 spiro atoms. The minimum atomic E-state index is 1.05. The van der Waals surface area contributed by atoms with E-state index in [4.69, 9.17) is 0 Å². The van der Waals surface area contributed by atoms with Crippen LogP contribution in [0.3, 0.4) is 0 Å². The summed E-state index contributed by atoms with van der Waals surface area (Å²) in [7, 11) is 0. The summed E-state index contributed by atoms with van der Waals surface area (Å²) in [6.07, 6.45) is 5.22. The number of nitrogens with zero attached hydrogens (tertiary/aromatic N) is 1. The summed E-state index contributed by atoms with van der Waals surface area (Å²) in [4.78, 5) is 4.38. The molecule has 0 unspecified atom stereocenters. The molecule has 0 bridgehead atoms. The highest BCUT2D eigenvalue weighted by molar-refractivity contribution is 5.30. The Hall–Kier alpha value is -0.850. The highest BCUT2D eigenvalue weighted by atomic mass is 14.7. The Morgan fingerprint density at radius 1 is 1.08 bits per heavy atom. The number of aromatic nitrogens is 1. The molecule has 0 saturated carbocycles. The molecule has 1 nitrogen and oxygen atoms in total. The zero-order valence-electron chi connectivity index (χ0n) is 8.22. The number of hydrogen-bond acceptors (Lipinski definition) is 1. The van der Waals surface area contributed by atoms with Gasteiger partial charge in [-0.05, 0) is 36.5 Å². The van der Waals surface area contributed by atoms with Crippen molar-refractivity contribution in [2.75, 3.05) is 0 Å². The van der Waals surface area contributed by atoms with Crippen LogP contribution in [-0.2, 0) is 19.3 Å². The smallest absolute Gasteiger partial charge is 0.0435 e. The van der Waals surface area contributed by atoms with Gasteiger partial charge in [0.25, 0.3) is 0 Å². The van der Waals surface area contributed by atoms with Gasteiger partial charge in [0.1, 0.15) is 0 Å². The maximum Gasteiger partial charge on any atom is 0.0435 e. The lowest BCUT2D eigenvalue weighted by atomic mass is 10.0. The van der Waals surface area contributed by atoms with Crippen molar-refractivity contribution >= 4 is 0 Å². The molecule has 0 N–H and O–H groups in total. The molecule has 1 rings (SSSR count). The lowest BCUT2D eigenvalue weighted by molar-refractivity contribution is 0.926. The fourth-order valence-corrected chi connectivity index (χ4v) is 1.65. The first kappa shape index (κ1) is 9.24. The molecule has 1 heteroatoms. The number of pyridine rings is 1. The molecule has 0 aliphatic carbocycles. The van der Waals surface area contributed by atoms with Crippen LogP contribution < -0.4 is 0 Å². The zero-order valence-corrected chi connectivity index (χ0v) is 8.22. The van der Waals surface area contributed by atoms with E-state index in [0.717, 1.165) is 19.3 Å². The molecule has 1 heterocycles. The average molecular weight is 163 g/mol. The van der Waals surface area contributed by atoms with E-state index in [1.807, 2.05) is 6.20 Å². The first-order chi connectivity index (χ1) is 5.83. The van der Waals surface area contributed by atoms with E-state index in [1.54, 1.807) is 0 Å². The van der Waals surface area contributed by atoms with Crippen LogP contribution in [0.25, 0.3) is 0 Å². The lowest BCUT2D eigenvalue weighted by Gasteiger charge is -2.08. The molecule has 0 amide bonds. The van der Waals surface area contributed by atoms with Crippen LogP contribution in [-0.4, -0.2) is 4.98 Å². The van der Waals surface area contributed by atoms with Crippen LogP contribution in [0.4, 0.5) is 0 Å². The topological polar surface area (TPSA) is 12.9 Å². The molecule has 1 aromatic heterocycles. The first-order valence-electron chi connectivity index (χ1n) is 4.79. The lowest BCUT2D eigenvalue weighted by Crippen LogP contribution is -1.99. The predicted octanol–water partition coefficient (Wildman–Crippen LogP) is 2.77. The fraction of sp³-hybridized carbons (Fsp3) is 0.545. The highest BCUT2D eigenvalue weighted by Gasteiger charge is 2.03. The largest absolute Gasteiger partial charge is 0.261 e. The second-order valence-corrected chi connectivity index (χ2v) is 2.96. The minimum absolute atomic E-state index is 1.05. The second kappa shape index (κ2) is 4.24. The Morgan fingerprint density at radius 2 is 1.83 bits per heavy atom. The third kappa shape index (κ3) is 1.66. The summed E-state index contributed by atoms with van der Waals surface area (Å²) in [6.45, 7) is 6.57. The van der Waals surface area contributed by atoms with Crippen LogP contribution >= 0.6 is 0 Å². The molecule has 0 fully saturated rings. The van der Waals surface area contributed by atoms with Crippen molar-refractivity contribution in [1.29, 1.82) is 0 Å². The Kier molecular flexibility index (Phi) is 3.27. The molecule has 0 saturated heterocycles. The predicted molar refractivity (Wildman–Crippen MR) is 52.4 cm³/mol. The number of rotatable bonds is 3. The van der Waals surface area contributed by atoms with Gasteiger partial charge in [-0.15, -0.1) is 0 Å². The second-order valence-electron chi connectivity index (χ2n) is 2.96. The van der Waals surface area contributed by atoms with Crippen molar-refractivity contribution in [3.8, 4) is 0 Å². The van der Waals surface area contributed by atoms with Crippen LogP contribution in [0.5, 0.6) is 0 Å². The molecule has 0 aliphatic rings. The van der Waals surface area contributed by atoms with Gasteiger partial charge in [0.2, 0.25) is 0 Å². The Balaban J connectivity index is 3.13. The summed E-state index contributed by atoms with van der Waals surface area (Å²) in [6, 6.07) is 2.14. The molecule has 0 aromatic carbocycles. The maximum atomic E-state index is 4.38. The quantitative estimate of drug-likeness (QED) is 0.667. The summed E-state index contributed by atoms with van der Waals surface area (Å²) in [5.74, 6) is 0. The number of aryl methyl sites for hydroxylation is 2. The molecule has 0 atom stereocenters. The third-order valence-electron chi connectivity index (χ3n) is 2.31. The molecule has 66 valence electrons. The van der Waals surface area contributed by atoms with E-state index in [1.165, 1.54) is 16.8 Å². The van der Waals surface area contributed by atoms with Crippen molar-refractivity contribution in [2.24, 2.45) is 0 Å². The van der Waals surface area contributed by atoms with Crippen LogP contribution in [0.15, 0.2) is 12.3 Å². The summed E-state index contributed by atoms with van der Waals surface area (Å²) in [5, 5.41) is 0. The van der Waals surface area contributed by atoms with Crippen molar-refractivity contribution in [3.05, 3.63) is 29.1 Å². The van der Waals surface area contributed by atoms with Gasteiger partial charge >= 0.3 is 0 Å². The molecular formula is C11H17N. The van der Waals surface area contributed by atoms with Gasteiger partial charge in [0, 0.05) is 11.9 Å². The van der Waals surface area contributed by atoms with Gasteiger partial charge in [-0.3, -0.25) is 4.98 Å². The van der Waals surface area contributed by atoms with Crippen LogP contribution in [0.1, 0.15) is 37.6 Å². The molecule has 0 radical (unpaired) electrons. The SMILES string of the molecule is CCc1ccnc(CC)c1CC. The van der Waals surface area contributed by atoms with Gasteiger partial charge in [0.05, 0.1) is 0 Å². The van der Waals surface area contributed by atoms with E-state index < -0.39 is 0 Å². The van der Waals surface area contributed by atoms with Crippen LogP contribution in [0, 0.1) is 0 Å². The van der Waals surface area contributed by atoms with Gasteiger partial charge in [-0.1, -0.05) is 20.8 Å². The van der Waals surface area contributed by atoms with E-state index >= 15 is 0 Å². The van der Waals surface area contributed by atoms with Crippen molar-refractivity contribution in [1.82, 2.24) is 4.98 Å². The molecule has 0 aliphatic heterocycles. The Labute approximate surface area is 74.8 Å². The Bertz CT molecular complexity index is 231. The van der Waals surface area contributed by atoms with Gasteiger partial charge < -0.3 is 0 Å².